The largest absolute Gasteiger partial charge is 0.457 e. The van der Waals surface area contributed by atoms with E-state index in [2.05, 4.69) is 37.3 Å². The van der Waals surface area contributed by atoms with Crippen LogP contribution in [-0.2, 0) is 9.53 Å². The van der Waals surface area contributed by atoms with E-state index in [4.69, 9.17) is 9.47 Å². The van der Waals surface area contributed by atoms with Gasteiger partial charge in [0.1, 0.15) is 17.3 Å². The molecule has 4 aromatic rings. The van der Waals surface area contributed by atoms with Crippen LogP contribution in [0.15, 0.2) is 73.1 Å². The molecule has 5 rings (SSSR count). The number of hydrogen-bond acceptors (Lipinski definition) is 7. The average Bonchev–Trinajstić information content (AvgIpc) is 2.96. The number of nitrogens with zero attached hydrogens (tertiary/aromatic N) is 3. The Labute approximate surface area is 232 Å². The predicted octanol–water partition coefficient (Wildman–Crippen LogP) is 4.65. The minimum absolute atomic E-state index is 0.261. The molecule has 0 unspecified atom stereocenters. The molecule has 0 saturated carbocycles. The van der Waals surface area contributed by atoms with Crippen molar-refractivity contribution in [3.05, 3.63) is 84.2 Å². The van der Waals surface area contributed by atoms with Gasteiger partial charge in [0, 0.05) is 55.1 Å². The molecule has 1 aliphatic rings. The molecule has 9 heteroatoms. The highest BCUT2D eigenvalue weighted by Gasteiger charge is 2.11. The van der Waals surface area contributed by atoms with Crippen molar-refractivity contribution in [2.75, 3.05) is 43.5 Å². The summed E-state index contributed by atoms with van der Waals surface area (Å²) in [6.45, 7) is 6.04. The highest BCUT2D eigenvalue weighted by molar-refractivity contribution is 6.05. The summed E-state index contributed by atoms with van der Waals surface area (Å²) >= 11 is 0. The highest BCUT2D eigenvalue weighted by Crippen LogP contribution is 2.31. The van der Waals surface area contributed by atoms with E-state index in [1.165, 1.54) is 0 Å². The van der Waals surface area contributed by atoms with Crippen LogP contribution in [0.1, 0.15) is 22.3 Å². The maximum atomic E-state index is 12.6. The number of carbonyl (C=O) groups excluding carboxylic acids is 2. The molecule has 2 N–H and O–H groups in total. The lowest BCUT2D eigenvalue weighted by Crippen LogP contribution is -2.36. The van der Waals surface area contributed by atoms with Crippen LogP contribution in [-0.4, -0.2) is 59.5 Å². The fourth-order valence-electron chi connectivity index (χ4n) is 4.23. The van der Waals surface area contributed by atoms with Crippen molar-refractivity contribution in [1.29, 1.82) is 0 Å². The number of carbonyl (C=O) groups is 2. The second kappa shape index (κ2) is 12.8. The number of pyridine rings is 2. The summed E-state index contributed by atoms with van der Waals surface area (Å²) < 4.78 is 11.5. The summed E-state index contributed by atoms with van der Waals surface area (Å²) in [6, 6.07) is 17.7. The van der Waals surface area contributed by atoms with Crippen LogP contribution in [0.2, 0.25) is 0 Å². The van der Waals surface area contributed by atoms with Crippen LogP contribution in [0.4, 0.5) is 11.5 Å². The van der Waals surface area contributed by atoms with Gasteiger partial charge in [-0.3, -0.25) is 19.5 Å². The van der Waals surface area contributed by atoms with Crippen LogP contribution < -0.4 is 15.4 Å². The Morgan fingerprint density at radius 2 is 1.77 bits per heavy atom. The van der Waals surface area contributed by atoms with Gasteiger partial charge in [0.25, 0.3) is 11.8 Å². The molecule has 9 nitrogen and oxygen atoms in total. The van der Waals surface area contributed by atoms with E-state index in [0.717, 1.165) is 43.8 Å². The highest BCUT2D eigenvalue weighted by atomic mass is 16.5. The first-order chi connectivity index (χ1) is 19.5. The zero-order chi connectivity index (χ0) is 27.7. The maximum Gasteiger partial charge on any atom is 0.300 e. The second-order valence-corrected chi connectivity index (χ2v) is 9.30. The summed E-state index contributed by atoms with van der Waals surface area (Å²) in [7, 11) is 0. The van der Waals surface area contributed by atoms with Gasteiger partial charge in [-0.05, 0) is 79.1 Å². The fourth-order valence-corrected chi connectivity index (χ4v) is 4.23. The zero-order valence-electron chi connectivity index (χ0n) is 22.1. The second-order valence-electron chi connectivity index (χ2n) is 9.30. The topological polar surface area (TPSA) is 106 Å². The first-order valence-electron chi connectivity index (χ1n) is 13.0. The number of aryl methyl sites for hydroxylation is 1. The van der Waals surface area contributed by atoms with E-state index in [-0.39, 0.29) is 11.8 Å². The monoisotopic (exact) mass is 535 g/mol. The Bertz CT molecular complexity index is 1570. The maximum absolute atomic E-state index is 12.6. The molecule has 0 radical (unpaired) electrons. The molecule has 1 fully saturated rings. The minimum Gasteiger partial charge on any atom is -0.457 e. The summed E-state index contributed by atoms with van der Waals surface area (Å²) in [6.07, 6.45) is 3.93. The van der Waals surface area contributed by atoms with Gasteiger partial charge in [0.15, 0.2) is 0 Å². The zero-order valence-corrected chi connectivity index (χ0v) is 22.1. The van der Waals surface area contributed by atoms with E-state index < -0.39 is 0 Å². The molecular formula is C31H29N5O4. The Kier molecular flexibility index (Phi) is 8.61. The lowest BCUT2D eigenvalue weighted by molar-refractivity contribution is -0.111. The van der Waals surface area contributed by atoms with Crippen LogP contribution in [0, 0.1) is 18.8 Å². The van der Waals surface area contributed by atoms with Gasteiger partial charge in [-0.2, -0.15) is 0 Å². The number of rotatable bonds is 7. The molecule has 40 heavy (non-hydrogen) atoms. The molecule has 0 bridgehead atoms. The van der Waals surface area contributed by atoms with Gasteiger partial charge >= 0.3 is 0 Å². The Morgan fingerprint density at radius 3 is 2.58 bits per heavy atom. The van der Waals surface area contributed by atoms with E-state index in [9.17, 15) is 9.59 Å². The van der Waals surface area contributed by atoms with Crippen molar-refractivity contribution < 1.29 is 19.1 Å². The molecule has 0 atom stereocenters. The molecule has 3 heterocycles. The summed E-state index contributed by atoms with van der Waals surface area (Å²) in [5, 5.41) is 6.35. The van der Waals surface area contributed by atoms with Gasteiger partial charge in [0.2, 0.25) is 0 Å². The lowest BCUT2D eigenvalue weighted by Gasteiger charge is -2.25. The SMILES string of the molecule is Cc1ccnc(NC(=O)c2ccc(Oc3ccnc4ccc(NC(=O)C#CCCN5CCOCC5)cc34)cc2)c1. The normalized spacial score (nSPS) is 13.2. The van der Waals surface area contributed by atoms with Crippen molar-refractivity contribution in [1.82, 2.24) is 14.9 Å². The molecule has 2 aromatic carbocycles. The van der Waals surface area contributed by atoms with Crippen molar-refractivity contribution in [3.63, 3.8) is 0 Å². The third kappa shape index (κ3) is 7.20. The molecule has 0 spiro atoms. The number of hydrogen-bond donors (Lipinski definition) is 2. The first-order valence-corrected chi connectivity index (χ1v) is 13.0. The smallest absolute Gasteiger partial charge is 0.300 e. The van der Waals surface area contributed by atoms with E-state index in [0.29, 0.717) is 40.5 Å². The van der Waals surface area contributed by atoms with Crippen molar-refractivity contribution >= 4 is 34.2 Å². The standard InChI is InChI=1S/C31H29N5O4/c1-22-11-13-33-29(20-22)35-31(38)23-5-8-25(9-6-23)40-28-12-14-32-27-10-7-24(21-26(27)28)34-30(37)4-2-3-15-36-16-18-39-19-17-36/h5-14,20-21H,3,15-19H2,1H3,(H,34,37)(H,33,35,38). The number of ether oxygens (including phenoxy) is 2. The quantitative estimate of drug-likeness (QED) is 0.332. The summed E-state index contributed by atoms with van der Waals surface area (Å²) in [5.41, 5.74) is 2.79. The van der Waals surface area contributed by atoms with Crippen LogP contribution >= 0.6 is 0 Å². The van der Waals surface area contributed by atoms with Crippen LogP contribution in [0.25, 0.3) is 10.9 Å². The van der Waals surface area contributed by atoms with Gasteiger partial charge in [0.05, 0.1) is 18.7 Å². The van der Waals surface area contributed by atoms with Gasteiger partial charge in [-0.15, -0.1) is 0 Å². The molecule has 2 aromatic heterocycles. The van der Waals surface area contributed by atoms with Gasteiger partial charge in [-0.1, -0.05) is 5.92 Å². The van der Waals surface area contributed by atoms with E-state index in [1.807, 2.05) is 25.1 Å². The number of anilines is 2. The van der Waals surface area contributed by atoms with Gasteiger partial charge < -0.3 is 20.1 Å². The molecule has 1 saturated heterocycles. The fraction of sp³-hybridized carbons (Fsp3) is 0.226. The van der Waals surface area contributed by atoms with Crippen LogP contribution in [0.5, 0.6) is 11.5 Å². The molecular weight excluding hydrogens is 506 g/mol. The number of aromatic nitrogens is 2. The van der Waals surface area contributed by atoms with Crippen molar-refractivity contribution in [2.45, 2.75) is 13.3 Å². The lowest BCUT2D eigenvalue weighted by atomic mass is 10.1. The average molecular weight is 536 g/mol. The Hall–Kier alpha value is -4.78. The number of fused-ring (bicyclic) bond motifs is 1. The van der Waals surface area contributed by atoms with Gasteiger partial charge in [-0.25, -0.2) is 4.98 Å². The third-order valence-electron chi connectivity index (χ3n) is 6.32. The summed E-state index contributed by atoms with van der Waals surface area (Å²) in [5.74, 6) is 6.60. The van der Waals surface area contributed by atoms with Crippen molar-refractivity contribution in [3.8, 4) is 23.3 Å². The minimum atomic E-state index is -0.373. The van der Waals surface area contributed by atoms with E-state index in [1.54, 1.807) is 54.9 Å². The molecule has 1 aliphatic heterocycles. The van der Waals surface area contributed by atoms with E-state index >= 15 is 0 Å². The molecule has 202 valence electrons. The van der Waals surface area contributed by atoms with Crippen LogP contribution in [0.3, 0.4) is 0 Å². The number of benzene rings is 2. The summed E-state index contributed by atoms with van der Waals surface area (Å²) in [4.78, 5) is 35.8. The first kappa shape index (κ1) is 26.8. The molecule has 0 aliphatic carbocycles. The third-order valence-corrected chi connectivity index (χ3v) is 6.32. The van der Waals surface area contributed by atoms with Crippen molar-refractivity contribution in [2.24, 2.45) is 0 Å². The number of amides is 2. The number of morpholine rings is 1. The Morgan fingerprint density at radius 1 is 0.975 bits per heavy atom. The number of nitrogens with one attached hydrogen (secondary N) is 2. The Balaban J connectivity index is 1.22. The molecule has 2 amide bonds. The predicted molar refractivity (Wildman–Crippen MR) is 153 cm³/mol.